The average molecular weight is 497 g/mol. The van der Waals surface area contributed by atoms with Crippen LogP contribution in [0.4, 0.5) is 16.2 Å². The van der Waals surface area contributed by atoms with Crippen LogP contribution in [0.2, 0.25) is 5.02 Å². The van der Waals surface area contributed by atoms with E-state index in [4.69, 9.17) is 16.3 Å². The first kappa shape index (κ1) is 24.9. The lowest BCUT2D eigenvalue weighted by atomic mass is 9.67. The zero-order valence-electron chi connectivity index (χ0n) is 20.3. The topological polar surface area (TPSA) is 84.0 Å². The molecule has 35 heavy (non-hydrogen) atoms. The molecule has 1 saturated heterocycles. The Balaban J connectivity index is 1.83. The minimum absolute atomic E-state index is 0.132. The van der Waals surface area contributed by atoms with Gasteiger partial charge < -0.3 is 4.74 Å². The second-order valence-corrected chi connectivity index (χ2v) is 10.4. The molecule has 0 radical (unpaired) electrons. The number of nitrogens with zero attached hydrogens (tertiary/aromatic N) is 2. The normalized spacial score (nSPS) is 22.1. The van der Waals surface area contributed by atoms with Gasteiger partial charge in [0, 0.05) is 11.4 Å². The molecule has 1 fully saturated rings. The molecule has 2 heterocycles. The molecule has 0 N–H and O–H groups in total. The second kappa shape index (κ2) is 9.11. The number of rotatable bonds is 5. The molecule has 0 saturated carbocycles. The highest BCUT2D eigenvalue weighted by molar-refractivity contribution is 6.31. The minimum atomic E-state index is -1.35. The molecule has 0 aliphatic carbocycles. The number of fused-ring (bicyclic) bond motifs is 1. The van der Waals surface area contributed by atoms with E-state index in [0.717, 1.165) is 16.2 Å². The predicted molar refractivity (Wildman–Crippen MR) is 133 cm³/mol. The van der Waals surface area contributed by atoms with E-state index in [0.29, 0.717) is 34.8 Å². The Labute approximate surface area is 210 Å². The molecule has 0 unspecified atom stereocenters. The van der Waals surface area contributed by atoms with Gasteiger partial charge in [-0.05, 0) is 63.1 Å². The van der Waals surface area contributed by atoms with E-state index in [9.17, 15) is 19.2 Å². The number of ether oxygens (including phenoxy) is 1. The van der Waals surface area contributed by atoms with E-state index in [1.807, 2.05) is 6.92 Å². The van der Waals surface area contributed by atoms with Crippen molar-refractivity contribution in [2.45, 2.75) is 64.4 Å². The van der Waals surface area contributed by atoms with Crippen molar-refractivity contribution in [3.63, 3.8) is 0 Å². The fourth-order valence-electron chi connectivity index (χ4n) is 5.05. The largest absolute Gasteiger partial charge is 0.443 e. The van der Waals surface area contributed by atoms with Gasteiger partial charge in [-0.2, -0.15) is 0 Å². The van der Waals surface area contributed by atoms with Crippen molar-refractivity contribution < 1.29 is 23.9 Å². The van der Waals surface area contributed by atoms with Crippen molar-refractivity contribution in [3.8, 4) is 0 Å². The van der Waals surface area contributed by atoms with Crippen LogP contribution in [0, 0.1) is 5.92 Å². The Morgan fingerprint density at radius 3 is 2.37 bits per heavy atom. The standard InChI is InChI=1S/C27H29ClN2O5/c1-5-6-15-27(20-16-22(31)29(23(20)32)18-13-11-17(28)12-14-18)19-9-7-8-10-21(19)30(24(27)33)25(34)35-26(2,3)4/h7-14,20H,5-6,15-16H2,1-4H3/t20-,27-/m1/s1. The van der Waals surface area contributed by atoms with Crippen LogP contribution < -0.4 is 9.80 Å². The van der Waals surface area contributed by atoms with Crippen molar-refractivity contribution in [3.05, 3.63) is 59.1 Å². The Morgan fingerprint density at radius 2 is 1.74 bits per heavy atom. The Kier molecular flexibility index (Phi) is 6.49. The molecule has 4 amide bonds. The summed E-state index contributed by atoms with van der Waals surface area (Å²) < 4.78 is 5.55. The number of hydrogen-bond donors (Lipinski definition) is 0. The maximum atomic E-state index is 14.2. The van der Waals surface area contributed by atoms with Gasteiger partial charge in [0.25, 0.3) is 0 Å². The summed E-state index contributed by atoms with van der Waals surface area (Å²) in [7, 11) is 0. The molecule has 0 spiro atoms. The lowest BCUT2D eigenvalue weighted by Gasteiger charge is -2.33. The number of unbranched alkanes of at least 4 members (excludes halogenated alkanes) is 1. The second-order valence-electron chi connectivity index (χ2n) is 10.0. The van der Waals surface area contributed by atoms with Crippen LogP contribution in [0.5, 0.6) is 0 Å². The van der Waals surface area contributed by atoms with Gasteiger partial charge in [0.05, 0.1) is 22.7 Å². The summed E-state index contributed by atoms with van der Waals surface area (Å²) in [6.07, 6.45) is 0.824. The minimum Gasteiger partial charge on any atom is -0.443 e. The molecular weight excluding hydrogens is 468 g/mol. The van der Waals surface area contributed by atoms with E-state index in [2.05, 4.69) is 0 Å². The number of hydrogen-bond acceptors (Lipinski definition) is 5. The van der Waals surface area contributed by atoms with Crippen LogP contribution in [-0.4, -0.2) is 29.4 Å². The number of anilines is 2. The molecular formula is C27H29ClN2O5. The predicted octanol–water partition coefficient (Wildman–Crippen LogP) is 5.63. The van der Waals surface area contributed by atoms with Gasteiger partial charge in [0.1, 0.15) is 5.60 Å². The summed E-state index contributed by atoms with van der Waals surface area (Å²) in [4.78, 5) is 56.5. The van der Waals surface area contributed by atoms with E-state index >= 15 is 0 Å². The van der Waals surface area contributed by atoms with Crippen molar-refractivity contribution in [1.29, 1.82) is 0 Å². The third-order valence-corrected chi connectivity index (χ3v) is 6.79. The Morgan fingerprint density at radius 1 is 1.09 bits per heavy atom. The number of imide groups is 2. The molecule has 2 aromatic carbocycles. The van der Waals surface area contributed by atoms with Crippen LogP contribution in [-0.2, 0) is 24.5 Å². The first-order chi connectivity index (χ1) is 16.5. The van der Waals surface area contributed by atoms with Crippen molar-refractivity contribution >= 4 is 46.8 Å². The van der Waals surface area contributed by atoms with Crippen LogP contribution in [0.25, 0.3) is 0 Å². The molecule has 7 nitrogen and oxygen atoms in total. The zero-order chi connectivity index (χ0) is 25.5. The quantitative estimate of drug-likeness (QED) is 0.501. The van der Waals surface area contributed by atoms with Gasteiger partial charge in [-0.1, -0.05) is 49.6 Å². The fraction of sp³-hybridized carbons (Fsp3) is 0.407. The third-order valence-electron chi connectivity index (χ3n) is 6.54. The lowest BCUT2D eigenvalue weighted by Crippen LogP contribution is -2.50. The molecule has 2 aliphatic rings. The average Bonchev–Trinajstić information content (AvgIpc) is 3.22. The van der Waals surface area contributed by atoms with Crippen molar-refractivity contribution in [2.75, 3.05) is 9.80 Å². The van der Waals surface area contributed by atoms with Crippen LogP contribution in [0.3, 0.4) is 0 Å². The van der Waals surface area contributed by atoms with Crippen molar-refractivity contribution in [2.24, 2.45) is 5.92 Å². The number of carbonyl (C=O) groups is 4. The van der Waals surface area contributed by atoms with Gasteiger partial charge in [-0.25, -0.2) is 9.69 Å². The highest BCUT2D eigenvalue weighted by atomic mass is 35.5. The third kappa shape index (κ3) is 4.22. The monoisotopic (exact) mass is 496 g/mol. The maximum Gasteiger partial charge on any atom is 0.421 e. The zero-order valence-corrected chi connectivity index (χ0v) is 21.1. The van der Waals surface area contributed by atoms with Crippen LogP contribution >= 0.6 is 11.6 Å². The molecule has 2 aromatic rings. The van der Waals surface area contributed by atoms with E-state index in [1.165, 1.54) is 0 Å². The first-order valence-corrected chi connectivity index (χ1v) is 12.2. The lowest BCUT2D eigenvalue weighted by molar-refractivity contribution is -0.132. The molecule has 8 heteroatoms. The number of benzene rings is 2. The number of para-hydroxylation sites is 1. The molecule has 0 bridgehead atoms. The number of halogens is 1. The van der Waals surface area contributed by atoms with Crippen LogP contribution in [0.15, 0.2) is 48.5 Å². The molecule has 2 aliphatic heterocycles. The molecule has 184 valence electrons. The number of amides is 4. The Hall–Kier alpha value is -3.19. The highest BCUT2D eigenvalue weighted by Crippen LogP contribution is 2.53. The maximum absolute atomic E-state index is 14.2. The fourth-order valence-corrected chi connectivity index (χ4v) is 5.17. The van der Waals surface area contributed by atoms with Gasteiger partial charge >= 0.3 is 6.09 Å². The highest BCUT2D eigenvalue weighted by Gasteiger charge is 2.62. The summed E-state index contributed by atoms with van der Waals surface area (Å²) in [5, 5.41) is 0.483. The van der Waals surface area contributed by atoms with Crippen molar-refractivity contribution in [1.82, 2.24) is 0 Å². The van der Waals surface area contributed by atoms with Gasteiger partial charge in [0.15, 0.2) is 0 Å². The summed E-state index contributed by atoms with van der Waals surface area (Å²) in [5.41, 5.74) is -0.787. The number of carbonyl (C=O) groups excluding carboxylic acids is 4. The van der Waals surface area contributed by atoms with Gasteiger partial charge in [-0.3, -0.25) is 19.3 Å². The van der Waals surface area contributed by atoms with Gasteiger partial charge in [-0.15, -0.1) is 0 Å². The molecule has 0 aromatic heterocycles. The Bertz CT molecular complexity index is 1190. The van der Waals surface area contributed by atoms with Crippen LogP contribution in [0.1, 0.15) is 58.9 Å². The van der Waals surface area contributed by atoms with E-state index in [-0.39, 0.29) is 12.3 Å². The van der Waals surface area contributed by atoms with E-state index in [1.54, 1.807) is 69.3 Å². The summed E-state index contributed by atoms with van der Waals surface area (Å²) in [6.45, 7) is 7.17. The summed E-state index contributed by atoms with van der Waals surface area (Å²) in [5.74, 6) is -2.31. The van der Waals surface area contributed by atoms with E-state index < -0.39 is 34.8 Å². The first-order valence-electron chi connectivity index (χ1n) is 11.8. The molecule has 4 rings (SSSR count). The smallest absolute Gasteiger partial charge is 0.421 e. The molecule has 2 atom stereocenters. The van der Waals surface area contributed by atoms with Gasteiger partial charge in [0.2, 0.25) is 17.7 Å². The SMILES string of the molecule is CCCC[C@@]1([C@@H]2CC(=O)N(c3ccc(Cl)cc3)C2=O)C(=O)N(C(=O)OC(C)(C)C)c2ccccc21. The summed E-state index contributed by atoms with van der Waals surface area (Å²) >= 11 is 5.99. The summed E-state index contributed by atoms with van der Waals surface area (Å²) in [6, 6.07) is 13.4.